The summed E-state index contributed by atoms with van der Waals surface area (Å²) >= 11 is 0. The van der Waals surface area contributed by atoms with Gasteiger partial charge in [0, 0.05) is 0 Å². The fraction of sp³-hybridized carbons (Fsp3) is 0.400. The lowest BCUT2D eigenvalue weighted by Crippen LogP contribution is -2.38. The van der Waals surface area contributed by atoms with Gasteiger partial charge in [-0.1, -0.05) is 36.4 Å². The first kappa shape index (κ1) is 26.9. The standard InChI is InChI=1S/C30H36O7/c1-21-29(35-18-23-7-13-26(32-3)14-8-23)30(36-19-24-9-15-27(33-4)16-10-24)28(37-21)20-34-17-22-5-11-25(31-2)12-6-22/h5-16,21,28-30H,17-20H2,1-4H3/t21?,28-,29+,30+/m0/s1. The highest BCUT2D eigenvalue weighted by molar-refractivity contribution is 5.28. The maximum Gasteiger partial charge on any atom is 0.118 e. The number of rotatable bonds is 13. The molecule has 1 heterocycles. The molecule has 0 amide bonds. The van der Waals surface area contributed by atoms with Gasteiger partial charge in [-0.25, -0.2) is 0 Å². The Morgan fingerprint density at radius 1 is 0.568 bits per heavy atom. The van der Waals surface area contributed by atoms with Gasteiger partial charge in [0.15, 0.2) is 0 Å². The lowest BCUT2D eigenvalue weighted by Gasteiger charge is -2.24. The molecule has 1 aliphatic heterocycles. The average Bonchev–Trinajstić information content (AvgIpc) is 3.25. The number of benzene rings is 3. The van der Waals surface area contributed by atoms with Crippen molar-refractivity contribution in [2.45, 2.75) is 51.2 Å². The van der Waals surface area contributed by atoms with Crippen LogP contribution in [0.4, 0.5) is 0 Å². The van der Waals surface area contributed by atoms with Crippen molar-refractivity contribution in [3.05, 3.63) is 89.5 Å². The highest BCUT2D eigenvalue weighted by Gasteiger charge is 2.44. The summed E-state index contributed by atoms with van der Waals surface area (Å²) < 4.78 is 40.8. The minimum Gasteiger partial charge on any atom is -0.497 e. The number of hydrogen-bond acceptors (Lipinski definition) is 7. The molecule has 1 saturated heterocycles. The van der Waals surface area contributed by atoms with E-state index in [0.717, 1.165) is 33.9 Å². The van der Waals surface area contributed by atoms with Gasteiger partial charge < -0.3 is 33.2 Å². The maximum atomic E-state index is 6.41. The molecule has 198 valence electrons. The highest BCUT2D eigenvalue weighted by atomic mass is 16.6. The van der Waals surface area contributed by atoms with E-state index < -0.39 is 0 Å². The molecule has 3 aromatic rings. The van der Waals surface area contributed by atoms with Gasteiger partial charge in [0.2, 0.25) is 0 Å². The summed E-state index contributed by atoms with van der Waals surface area (Å²) in [5.74, 6) is 2.45. The Hall–Kier alpha value is -3.10. The normalized spacial score (nSPS) is 21.1. The van der Waals surface area contributed by atoms with E-state index in [1.807, 2.05) is 79.7 Å². The predicted octanol–water partition coefficient (Wildman–Crippen LogP) is 5.19. The molecule has 1 fully saturated rings. The molecule has 0 radical (unpaired) electrons. The van der Waals surface area contributed by atoms with Crippen LogP contribution in [0.5, 0.6) is 17.2 Å². The Morgan fingerprint density at radius 2 is 0.973 bits per heavy atom. The lowest BCUT2D eigenvalue weighted by molar-refractivity contribution is -0.0897. The molecule has 37 heavy (non-hydrogen) atoms. The molecule has 7 nitrogen and oxygen atoms in total. The van der Waals surface area contributed by atoms with Crippen molar-refractivity contribution in [3.8, 4) is 17.2 Å². The van der Waals surface area contributed by atoms with Gasteiger partial charge in [0.1, 0.15) is 35.6 Å². The Morgan fingerprint density at radius 3 is 1.41 bits per heavy atom. The molecule has 0 N–H and O–H groups in total. The van der Waals surface area contributed by atoms with Crippen molar-refractivity contribution < 1.29 is 33.2 Å². The van der Waals surface area contributed by atoms with Crippen LogP contribution < -0.4 is 14.2 Å². The third-order valence-corrected chi connectivity index (χ3v) is 6.46. The van der Waals surface area contributed by atoms with Gasteiger partial charge in [0.25, 0.3) is 0 Å². The maximum absolute atomic E-state index is 6.41. The van der Waals surface area contributed by atoms with E-state index in [2.05, 4.69) is 0 Å². The summed E-state index contributed by atoms with van der Waals surface area (Å²) in [6.07, 6.45) is -0.928. The van der Waals surface area contributed by atoms with Crippen LogP contribution in [0.3, 0.4) is 0 Å². The highest BCUT2D eigenvalue weighted by Crippen LogP contribution is 2.29. The third kappa shape index (κ3) is 7.46. The van der Waals surface area contributed by atoms with Crippen LogP contribution in [-0.2, 0) is 38.8 Å². The number of ether oxygens (including phenoxy) is 7. The number of hydrogen-bond donors (Lipinski definition) is 0. The topological polar surface area (TPSA) is 64.6 Å². The fourth-order valence-corrected chi connectivity index (χ4v) is 4.32. The van der Waals surface area contributed by atoms with Crippen molar-refractivity contribution in [1.82, 2.24) is 0 Å². The minimum absolute atomic E-state index is 0.145. The molecule has 3 aromatic carbocycles. The van der Waals surface area contributed by atoms with E-state index in [9.17, 15) is 0 Å². The van der Waals surface area contributed by atoms with Crippen LogP contribution in [0.25, 0.3) is 0 Å². The first-order valence-corrected chi connectivity index (χ1v) is 12.4. The summed E-state index contributed by atoms with van der Waals surface area (Å²) in [6, 6.07) is 23.6. The molecule has 4 rings (SSSR count). The minimum atomic E-state index is -0.286. The Bertz CT molecular complexity index is 1070. The number of methoxy groups -OCH3 is 3. The van der Waals surface area contributed by atoms with Gasteiger partial charge in [0.05, 0.1) is 53.9 Å². The van der Waals surface area contributed by atoms with Crippen molar-refractivity contribution in [2.24, 2.45) is 0 Å². The zero-order valence-electron chi connectivity index (χ0n) is 21.9. The molecule has 0 spiro atoms. The lowest BCUT2D eigenvalue weighted by atomic mass is 10.1. The Kier molecular flexibility index (Phi) is 9.79. The second-order valence-corrected chi connectivity index (χ2v) is 8.99. The molecule has 1 aliphatic rings. The molecular formula is C30H36O7. The zero-order chi connectivity index (χ0) is 26.0. The van der Waals surface area contributed by atoms with Crippen LogP contribution >= 0.6 is 0 Å². The predicted molar refractivity (Wildman–Crippen MR) is 140 cm³/mol. The Labute approximate surface area is 219 Å². The van der Waals surface area contributed by atoms with Crippen LogP contribution in [0, 0.1) is 0 Å². The molecule has 0 saturated carbocycles. The molecular weight excluding hydrogens is 472 g/mol. The van der Waals surface area contributed by atoms with Crippen molar-refractivity contribution in [1.29, 1.82) is 0 Å². The van der Waals surface area contributed by atoms with Gasteiger partial charge in [-0.3, -0.25) is 0 Å². The molecule has 7 heteroatoms. The van der Waals surface area contributed by atoms with Crippen molar-refractivity contribution in [3.63, 3.8) is 0 Å². The van der Waals surface area contributed by atoms with Crippen LogP contribution in [-0.4, -0.2) is 52.4 Å². The first-order valence-electron chi connectivity index (χ1n) is 12.4. The largest absolute Gasteiger partial charge is 0.497 e. The van der Waals surface area contributed by atoms with Gasteiger partial charge in [-0.2, -0.15) is 0 Å². The second-order valence-electron chi connectivity index (χ2n) is 8.99. The zero-order valence-corrected chi connectivity index (χ0v) is 21.9. The third-order valence-electron chi connectivity index (χ3n) is 6.46. The van der Waals surface area contributed by atoms with Crippen molar-refractivity contribution in [2.75, 3.05) is 27.9 Å². The smallest absolute Gasteiger partial charge is 0.118 e. The summed E-state index contributed by atoms with van der Waals surface area (Å²) in [4.78, 5) is 0. The average molecular weight is 509 g/mol. The van der Waals surface area contributed by atoms with Crippen LogP contribution in [0.15, 0.2) is 72.8 Å². The van der Waals surface area contributed by atoms with E-state index in [1.54, 1.807) is 21.3 Å². The van der Waals surface area contributed by atoms with Gasteiger partial charge in [-0.05, 0) is 60.0 Å². The van der Waals surface area contributed by atoms with Crippen LogP contribution in [0.2, 0.25) is 0 Å². The summed E-state index contributed by atoms with van der Waals surface area (Å²) in [7, 11) is 4.97. The first-order chi connectivity index (χ1) is 18.1. The van der Waals surface area contributed by atoms with E-state index in [-0.39, 0.29) is 24.4 Å². The molecule has 0 aromatic heterocycles. The molecule has 0 aliphatic carbocycles. The quantitative estimate of drug-likeness (QED) is 0.315. The summed E-state index contributed by atoms with van der Waals surface area (Å²) in [5, 5.41) is 0. The molecule has 0 bridgehead atoms. The van der Waals surface area contributed by atoms with Crippen molar-refractivity contribution >= 4 is 0 Å². The van der Waals surface area contributed by atoms with E-state index >= 15 is 0 Å². The van der Waals surface area contributed by atoms with Crippen LogP contribution in [0.1, 0.15) is 23.6 Å². The van der Waals surface area contributed by atoms with Gasteiger partial charge >= 0.3 is 0 Å². The Balaban J connectivity index is 1.39. The van der Waals surface area contributed by atoms with E-state index in [0.29, 0.717) is 26.4 Å². The second kappa shape index (κ2) is 13.4. The molecule has 4 atom stereocenters. The molecule has 1 unspecified atom stereocenters. The summed E-state index contributed by atoms with van der Waals surface area (Å²) in [6.45, 7) is 3.77. The van der Waals surface area contributed by atoms with E-state index in [4.69, 9.17) is 33.2 Å². The summed E-state index contributed by atoms with van der Waals surface area (Å²) in [5.41, 5.74) is 3.17. The fourth-order valence-electron chi connectivity index (χ4n) is 4.32. The van der Waals surface area contributed by atoms with E-state index in [1.165, 1.54) is 0 Å². The van der Waals surface area contributed by atoms with Gasteiger partial charge in [-0.15, -0.1) is 0 Å². The monoisotopic (exact) mass is 508 g/mol. The SMILES string of the molecule is COc1ccc(COC[C@@H]2OC(C)[C@@H](OCc3ccc(OC)cc3)[C@@H]2OCc2ccc(OC)cc2)cc1.